The molecule has 0 amide bonds. The number of aromatic nitrogens is 1. The maximum atomic E-state index is 9.91. The average Bonchev–Trinajstić information content (AvgIpc) is 2.56. The van der Waals surface area contributed by atoms with Crippen LogP contribution in [0.2, 0.25) is 0 Å². The molecule has 0 saturated carbocycles. The molecule has 2 aromatic rings. The Labute approximate surface area is 127 Å². The second-order valence-electron chi connectivity index (χ2n) is 5.74. The first kappa shape index (κ1) is 15.7. The van der Waals surface area contributed by atoms with Gasteiger partial charge in [0.1, 0.15) is 0 Å². The van der Waals surface area contributed by atoms with Crippen LogP contribution >= 0.6 is 0 Å². The van der Waals surface area contributed by atoms with E-state index in [-0.39, 0.29) is 12.0 Å². The van der Waals surface area contributed by atoms with Crippen molar-refractivity contribution in [2.75, 3.05) is 19.7 Å². The van der Waals surface area contributed by atoms with Crippen molar-refractivity contribution in [3.05, 3.63) is 66.0 Å². The summed E-state index contributed by atoms with van der Waals surface area (Å²) in [5.74, 6) is 0. The third kappa shape index (κ3) is 4.13. The third-order valence-corrected chi connectivity index (χ3v) is 4.00. The number of nitrogens with zero attached hydrogens (tertiary/aromatic N) is 2. The SMILES string of the molecule is CCN(Cc1ccncc1)CC(C)(CO)c1ccccc1. The Bertz CT molecular complexity index is 529. The molecule has 1 unspecified atom stereocenters. The minimum absolute atomic E-state index is 0.143. The van der Waals surface area contributed by atoms with Gasteiger partial charge >= 0.3 is 0 Å². The molecule has 1 aromatic carbocycles. The van der Waals surface area contributed by atoms with E-state index in [1.54, 1.807) is 0 Å². The molecule has 1 N–H and O–H groups in total. The molecule has 3 nitrogen and oxygen atoms in total. The lowest BCUT2D eigenvalue weighted by atomic mass is 9.82. The lowest BCUT2D eigenvalue weighted by molar-refractivity contribution is 0.143. The number of hydrogen-bond acceptors (Lipinski definition) is 3. The van der Waals surface area contributed by atoms with Gasteiger partial charge in [-0.05, 0) is 29.8 Å². The zero-order valence-corrected chi connectivity index (χ0v) is 12.9. The fourth-order valence-corrected chi connectivity index (χ4v) is 2.59. The van der Waals surface area contributed by atoms with Crippen LogP contribution in [0.5, 0.6) is 0 Å². The molecule has 1 heterocycles. The van der Waals surface area contributed by atoms with Crippen molar-refractivity contribution in [3.8, 4) is 0 Å². The van der Waals surface area contributed by atoms with E-state index in [0.29, 0.717) is 0 Å². The summed E-state index contributed by atoms with van der Waals surface area (Å²) in [6.45, 7) is 7.07. The van der Waals surface area contributed by atoms with Crippen molar-refractivity contribution in [2.24, 2.45) is 0 Å². The molecule has 0 bridgehead atoms. The molecule has 0 aliphatic carbocycles. The monoisotopic (exact) mass is 284 g/mol. The summed E-state index contributed by atoms with van der Waals surface area (Å²) < 4.78 is 0. The predicted molar refractivity (Wildman–Crippen MR) is 86.1 cm³/mol. The Kier molecular flexibility index (Phi) is 5.48. The summed E-state index contributed by atoms with van der Waals surface area (Å²) in [6.07, 6.45) is 3.65. The molecule has 2 rings (SSSR count). The number of aliphatic hydroxyl groups is 1. The van der Waals surface area contributed by atoms with Gasteiger partial charge in [-0.2, -0.15) is 0 Å². The Morgan fingerprint density at radius 3 is 2.33 bits per heavy atom. The van der Waals surface area contributed by atoms with Crippen LogP contribution in [0.4, 0.5) is 0 Å². The Balaban J connectivity index is 2.12. The second-order valence-corrected chi connectivity index (χ2v) is 5.74. The molecule has 0 aliphatic rings. The average molecular weight is 284 g/mol. The highest BCUT2D eigenvalue weighted by Gasteiger charge is 2.28. The van der Waals surface area contributed by atoms with E-state index in [4.69, 9.17) is 0 Å². The van der Waals surface area contributed by atoms with E-state index in [2.05, 4.69) is 35.9 Å². The van der Waals surface area contributed by atoms with E-state index in [1.807, 2.05) is 42.7 Å². The topological polar surface area (TPSA) is 36.4 Å². The van der Waals surface area contributed by atoms with Crippen LogP contribution in [0.1, 0.15) is 25.0 Å². The van der Waals surface area contributed by atoms with Gasteiger partial charge in [-0.3, -0.25) is 9.88 Å². The number of rotatable bonds is 7. The van der Waals surface area contributed by atoms with Gasteiger partial charge in [0.05, 0.1) is 6.61 Å². The molecule has 21 heavy (non-hydrogen) atoms. The fraction of sp³-hybridized carbons (Fsp3) is 0.389. The van der Waals surface area contributed by atoms with E-state index in [0.717, 1.165) is 19.6 Å². The minimum atomic E-state index is -0.246. The molecule has 0 aliphatic heterocycles. The van der Waals surface area contributed by atoms with Crippen molar-refractivity contribution < 1.29 is 5.11 Å². The quantitative estimate of drug-likeness (QED) is 0.849. The van der Waals surface area contributed by atoms with Gasteiger partial charge in [0.2, 0.25) is 0 Å². The molecular weight excluding hydrogens is 260 g/mol. The molecule has 0 spiro atoms. The normalized spacial score (nSPS) is 14.1. The number of aliphatic hydroxyl groups excluding tert-OH is 1. The van der Waals surface area contributed by atoms with E-state index < -0.39 is 0 Å². The van der Waals surface area contributed by atoms with Crippen LogP contribution in [0.15, 0.2) is 54.9 Å². The van der Waals surface area contributed by atoms with Gasteiger partial charge in [0.15, 0.2) is 0 Å². The lowest BCUT2D eigenvalue weighted by Crippen LogP contribution is -2.41. The highest BCUT2D eigenvalue weighted by atomic mass is 16.3. The van der Waals surface area contributed by atoms with Crippen molar-refractivity contribution >= 4 is 0 Å². The Hall–Kier alpha value is -1.71. The van der Waals surface area contributed by atoms with Gasteiger partial charge in [0.25, 0.3) is 0 Å². The smallest absolute Gasteiger partial charge is 0.0537 e. The van der Waals surface area contributed by atoms with Crippen LogP contribution in [0.3, 0.4) is 0 Å². The first-order chi connectivity index (χ1) is 10.2. The molecule has 1 aromatic heterocycles. The van der Waals surface area contributed by atoms with Gasteiger partial charge < -0.3 is 5.11 Å². The highest BCUT2D eigenvalue weighted by molar-refractivity contribution is 5.25. The van der Waals surface area contributed by atoms with E-state index in [1.165, 1.54) is 11.1 Å². The number of hydrogen-bond donors (Lipinski definition) is 1. The molecule has 0 radical (unpaired) electrons. The minimum Gasteiger partial charge on any atom is -0.395 e. The summed E-state index contributed by atoms with van der Waals surface area (Å²) in [6, 6.07) is 14.3. The van der Waals surface area contributed by atoms with Crippen LogP contribution in [0, 0.1) is 0 Å². The van der Waals surface area contributed by atoms with Crippen molar-refractivity contribution in [1.29, 1.82) is 0 Å². The Morgan fingerprint density at radius 1 is 1.10 bits per heavy atom. The van der Waals surface area contributed by atoms with Crippen molar-refractivity contribution in [3.63, 3.8) is 0 Å². The van der Waals surface area contributed by atoms with Crippen molar-refractivity contribution in [1.82, 2.24) is 9.88 Å². The number of likely N-dealkylation sites (N-methyl/N-ethyl adjacent to an activating group) is 1. The maximum absolute atomic E-state index is 9.91. The summed E-state index contributed by atoms with van der Waals surface area (Å²) in [4.78, 5) is 6.42. The van der Waals surface area contributed by atoms with Gasteiger partial charge in [-0.25, -0.2) is 0 Å². The van der Waals surface area contributed by atoms with Gasteiger partial charge in [-0.1, -0.05) is 44.2 Å². The van der Waals surface area contributed by atoms with Crippen LogP contribution < -0.4 is 0 Å². The van der Waals surface area contributed by atoms with E-state index >= 15 is 0 Å². The van der Waals surface area contributed by atoms with Gasteiger partial charge in [0, 0.05) is 30.9 Å². The molecule has 1 atom stereocenters. The second kappa shape index (κ2) is 7.34. The first-order valence-corrected chi connectivity index (χ1v) is 7.45. The first-order valence-electron chi connectivity index (χ1n) is 7.45. The van der Waals surface area contributed by atoms with Gasteiger partial charge in [-0.15, -0.1) is 0 Å². The fourth-order valence-electron chi connectivity index (χ4n) is 2.59. The van der Waals surface area contributed by atoms with Crippen LogP contribution in [-0.2, 0) is 12.0 Å². The van der Waals surface area contributed by atoms with Crippen molar-refractivity contribution in [2.45, 2.75) is 25.8 Å². The standard InChI is InChI=1S/C18H24N2O/c1-3-20(13-16-9-11-19-12-10-16)14-18(2,15-21)17-7-5-4-6-8-17/h4-12,21H,3,13-15H2,1-2H3. The number of benzene rings is 1. The lowest BCUT2D eigenvalue weighted by Gasteiger charge is -2.34. The summed E-state index contributed by atoms with van der Waals surface area (Å²) in [5, 5.41) is 9.91. The third-order valence-electron chi connectivity index (χ3n) is 4.00. The van der Waals surface area contributed by atoms with E-state index in [9.17, 15) is 5.11 Å². The summed E-state index contributed by atoms with van der Waals surface area (Å²) >= 11 is 0. The zero-order chi connectivity index (χ0) is 15.1. The Morgan fingerprint density at radius 2 is 1.76 bits per heavy atom. The molecule has 0 saturated heterocycles. The summed E-state index contributed by atoms with van der Waals surface area (Å²) in [5.41, 5.74) is 2.19. The molecule has 3 heteroatoms. The predicted octanol–water partition coefficient (Wildman–Crippen LogP) is 2.85. The number of pyridine rings is 1. The maximum Gasteiger partial charge on any atom is 0.0537 e. The highest BCUT2D eigenvalue weighted by Crippen LogP contribution is 2.25. The largest absolute Gasteiger partial charge is 0.395 e. The van der Waals surface area contributed by atoms with Crippen LogP contribution in [-0.4, -0.2) is 34.7 Å². The zero-order valence-electron chi connectivity index (χ0n) is 12.9. The van der Waals surface area contributed by atoms with Crippen LogP contribution in [0.25, 0.3) is 0 Å². The molecule has 112 valence electrons. The molecular formula is C18H24N2O. The molecule has 0 fully saturated rings. The summed E-state index contributed by atoms with van der Waals surface area (Å²) in [7, 11) is 0.